The Morgan fingerprint density at radius 3 is 2.60 bits per heavy atom. The van der Waals surface area contributed by atoms with Crippen LogP contribution in [0.2, 0.25) is 0 Å². The Bertz CT molecular complexity index is 197. The fourth-order valence-corrected chi connectivity index (χ4v) is 0.754. The van der Waals surface area contributed by atoms with E-state index in [1.165, 1.54) is 0 Å². The van der Waals surface area contributed by atoms with Gasteiger partial charge in [0.05, 0.1) is 0 Å². The molecule has 0 bridgehead atoms. The first-order chi connectivity index (χ1) is 4.93. The highest BCUT2D eigenvalue weighted by Gasteiger charge is 1.79. The largest absolute Gasteiger partial charge is 0.0763 e. The lowest BCUT2D eigenvalue weighted by Gasteiger charge is -1.87. The van der Waals surface area contributed by atoms with Crippen LogP contribution in [-0.2, 0) is 0 Å². The maximum absolute atomic E-state index is 3.17. The summed E-state index contributed by atoms with van der Waals surface area (Å²) in [6, 6.07) is 10.1. The molecule has 0 atom stereocenters. The van der Waals surface area contributed by atoms with Gasteiger partial charge in [0.15, 0.2) is 0 Å². The topological polar surface area (TPSA) is 0 Å². The van der Waals surface area contributed by atoms with Gasteiger partial charge in [0.1, 0.15) is 0 Å². The van der Waals surface area contributed by atoms with Gasteiger partial charge in [-0.05, 0) is 18.1 Å². The second kappa shape index (κ2) is 3.89. The Labute approximate surface area is 62.2 Å². The standard InChI is InChI=1S/C10H11/c1-2-3-7-10-8-5-4-6-9-10/h3-6,8-9H,2H2,1H3. The van der Waals surface area contributed by atoms with Crippen LogP contribution in [0.5, 0.6) is 0 Å². The predicted octanol–water partition coefficient (Wildman–Crippen LogP) is 2.80. The van der Waals surface area contributed by atoms with E-state index in [9.17, 15) is 0 Å². The van der Waals surface area contributed by atoms with Crippen LogP contribution in [0.25, 0.3) is 0 Å². The maximum atomic E-state index is 3.17. The first-order valence-corrected chi connectivity index (χ1v) is 3.56. The fraction of sp³-hybridized carbons (Fsp3) is 0.200. The second-order valence-electron chi connectivity index (χ2n) is 2.12. The average molecular weight is 131 g/mol. The number of rotatable bonds is 2. The van der Waals surface area contributed by atoms with Crippen molar-refractivity contribution in [3.05, 3.63) is 48.0 Å². The van der Waals surface area contributed by atoms with Crippen molar-refractivity contribution in [2.24, 2.45) is 0 Å². The van der Waals surface area contributed by atoms with Gasteiger partial charge in [-0.3, -0.25) is 0 Å². The van der Waals surface area contributed by atoms with Gasteiger partial charge in [-0.15, -0.1) is 0 Å². The fourth-order valence-electron chi connectivity index (χ4n) is 0.754. The summed E-state index contributed by atoms with van der Waals surface area (Å²) in [7, 11) is 0. The molecular formula is C10H11. The van der Waals surface area contributed by atoms with Gasteiger partial charge in [0.25, 0.3) is 0 Å². The van der Waals surface area contributed by atoms with Crippen molar-refractivity contribution in [1.82, 2.24) is 0 Å². The third-order valence-electron chi connectivity index (χ3n) is 1.25. The smallest absolute Gasteiger partial charge is 0.0149 e. The zero-order chi connectivity index (χ0) is 7.23. The van der Waals surface area contributed by atoms with Crippen LogP contribution in [0.3, 0.4) is 0 Å². The third-order valence-corrected chi connectivity index (χ3v) is 1.25. The van der Waals surface area contributed by atoms with Crippen molar-refractivity contribution in [3.8, 4) is 0 Å². The molecule has 0 amide bonds. The molecule has 1 aromatic rings. The van der Waals surface area contributed by atoms with E-state index >= 15 is 0 Å². The molecule has 0 spiro atoms. The lowest BCUT2D eigenvalue weighted by atomic mass is 10.2. The number of hydrogen-bond acceptors (Lipinski definition) is 0. The van der Waals surface area contributed by atoms with Crippen molar-refractivity contribution in [1.29, 1.82) is 0 Å². The Hall–Kier alpha value is -1.04. The van der Waals surface area contributed by atoms with Crippen LogP contribution in [-0.4, -0.2) is 0 Å². The highest BCUT2D eigenvalue weighted by molar-refractivity contribution is 5.21. The van der Waals surface area contributed by atoms with Gasteiger partial charge in [-0.25, -0.2) is 0 Å². The molecule has 51 valence electrons. The summed E-state index contributed by atoms with van der Waals surface area (Å²) in [4.78, 5) is 0. The minimum Gasteiger partial charge on any atom is -0.0763 e. The molecule has 0 aliphatic rings. The zero-order valence-electron chi connectivity index (χ0n) is 6.17. The van der Waals surface area contributed by atoms with Crippen molar-refractivity contribution >= 4 is 0 Å². The van der Waals surface area contributed by atoms with E-state index in [2.05, 4.69) is 13.0 Å². The zero-order valence-corrected chi connectivity index (χ0v) is 6.17. The van der Waals surface area contributed by atoms with Gasteiger partial charge >= 0.3 is 0 Å². The lowest BCUT2D eigenvalue weighted by Crippen LogP contribution is -1.69. The highest BCUT2D eigenvalue weighted by atomic mass is 13.8. The van der Waals surface area contributed by atoms with E-state index in [1.54, 1.807) is 0 Å². The van der Waals surface area contributed by atoms with Crippen LogP contribution in [0.4, 0.5) is 0 Å². The first-order valence-electron chi connectivity index (χ1n) is 3.56. The van der Waals surface area contributed by atoms with Crippen LogP contribution < -0.4 is 0 Å². The van der Waals surface area contributed by atoms with E-state index in [1.807, 2.05) is 36.4 Å². The summed E-state index contributed by atoms with van der Waals surface area (Å²) in [5.74, 6) is 0. The molecule has 0 aliphatic heterocycles. The van der Waals surface area contributed by atoms with Crippen molar-refractivity contribution < 1.29 is 0 Å². The predicted molar refractivity (Wildman–Crippen MR) is 43.6 cm³/mol. The molecule has 1 radical (unpaired) electrons. The molecule has 1 rings (SSSR count). The molecule has 0 unspecified atom stereocenters. The molecule has 0 heteroatoms. The van der Waals surface area contributed by atoms with Gasteiger partial charge < -0.3 is 0 Å². The monoisotopic (exact) mass is 131 g/mol. The molecule has 0 aliphatic carbocycles. The summed E-state index contributed by atoms with van der Waals surface area (Å²) in [5, 5.41) is 0. The SMILES string of the molecule is CCC=[C]c1ccccc1. The molecule has 0 saturated heterocycles. The molecule has 0 nitrogen and oxygen atoms in total. The summed E-state index contributed by atoms with van der Waals surface area (Å²) < 4.78 is 0. The summed E-state index contributed by atoms with van der Waals surface area (Å²) in [6.45, 7) is 2.11. The van der Waals surface area contributed by atoms with Crippen LogP contribution in [0.15, 0.2) is 36.4 Å². The number of allylic oxidation sites excluding steroid dienone is 1. The summed E-state index contributed by atoms with van der Waals surface area (Å²) in [6.07, 6.45) is 6.26. The summed E-state index contributed by atoms with van der Waals surface area (Å²) in [5.41, 5.74) is 1.16. The van der Waals surface area contributed by atoms with Crippen molar-refractivity contribution in [3.63, 3.8) is 0 Å². The molecule has 0 heterocycles. The minimum atomic E-state index is 1.05. The second-order valence-corrected chi connectivity index (χ2v) is 2.12. The van der Waals surface area contributed by atoms with Gasteiger partial charge in [-0.2, -0.15) is 0 Å². The van der Waals surface area contributed by atoms with Crippen molar-refractivity contribution in [2.75, 3.05) is 0 Å². The van der Waals surface area contributed by atoms with E-state index < -0.39 is 0 Å². The molecular weight excluding hydrogens is 120 g/mol. The molecule has 0 fully saturated rings. The Balaban J connectivity index is 2.67. The Morgan fingerprint density at radius 1 is 1.30 bits per heavy atom. The van der Waals surface area contributed by atoms with Crippen LogP contribution >= 0.6 is 0 Å². The first kappa shape index (κ1) is 7.07. The van der Waals surface area contributed by atoms with Gasteiger partial charge in [0.2, 0.25) is 0 Å². The lowest BCUT2D eigenvalue weighted by molar-refractivity contribution is 1.21. The molecule has 0 saturated carbocycles. The van der Waals surface area contributed by atoms with Crippen molar-refractivity contribution in [2.45, 2.75) is 13.3 Å². The van der Waals surface area contributed by atoms with Crippen LogP contribution in [0, 0.1) is 6.08 Å². The Morgan fingerprint density at radius 2 is 2.00 bits per heavy atom. The maximum Gasteiger partial charge on any atom is -0.0149 e. The number of hydrogen-bond donors (Lipinski definition) is 0. The van der Waals surface area contributed by atoms with Crippen LogP contribution in [0.1, 0.15) is 18.9 Å². The summed E-state index contributed by atoms with van der Waals surface area (Å²) >= 11 is 0. The minimum absolute atomic E-state index is 1.05. The van der Waals surface area contributed by atoms with Gasteiger partial charge in [0, 0.05) is 0 Å². The van der Waals surface area contributed by atoms with E-state index in [-0.39, 0.29) is 0 Å². The highest BCUT2D eigenvalue weighted by Crippen LogP contribution is 1.97. The molecule has 10 heavy (non-hydrogen) atoms. The Kier molecular flexibility index (Phi) is 2.75. The molecule has 0 aromatic heterocycles. The quantitative estimate of drug-likeness (QED) is 0.579. The third kappa shape index (κ3) is 2.06. The van der Waals surface area contributed by atoms with E-state index in [0.29, 0.717) is 0 Å². The number of benzene rings is 1. The molecule has 0 N–H and O–H groups in total. The normalized spacial score (nSPS) is 10.5. The van der Waals surface area contributed by atoms with E-state index in [0.717, 1.165) is 12.0 Å². The van der Waals surface area contributed by atoms with Gasteiger partial charge in [-0.1, -0.05) is 43.3 Å². The molecule has 1 aromatic carbocycles. The van der Waals surface area contributed by atoms with E-state index in [4.69, 9.17) is 0 Å². The average Bonchev–Trinajstić information content (AvgIpc) is 2.03.